The van der Waals surface area contributed by atoms with Crippen LogP contribution in [-0.2, 0) is 9.59 Å². The lowest BCUT2D eigenvalue weighted by molar-refractivity contribution is -0.126. The quantitative estimate of drug-likeness (QED) is 0.358. The summed E-state index contributed by atoms with van der Waals surface area (Å²) in [7, 11) is 0. The maximum atomic E-state index is 11.9. The Bertz CT molecular complexity index is 800. The predicted molar refractivity (Wildman–Crippen MR) is 122 cm³/mol. The summed E-state index contributed by atoms with van der Waals surface area (Å²) in [6, 6.07) is 9.35. The highest BCUT2D eigenvalue weighted by molar-refractivity contribution is 6.35. The van der Waals surface area contributed by atoms with E-state index in [0.717, 1.165) is 12.8 Å². The average molecular weight is 490 g/mol. The standard InChI is InChI=1S/C20H20Cl4N4O2/c21-13-5-14(22)8-17(7-13)25-27(11-29)19-3-1-2-4-20(19)28(12-30)26-18-9-15(23)6-16(24)10-18/h5-12,19-20,25-26H,1-4H2. The van der Waals surface area contributed by atoms with Crippen molar-refractivity contribution in [2.24, 2.45) is 0 Å². The van der Waals surface area contributed by atoms with Gasteiger partial charge >= 0.3 is 0 Å². The van der Waals surface area contributed by atoms with Crippen LogP contribution >= 0.6 is 46.4 Å². The number of anilines is 2. The summed E-state index contributed by atoms with van der Waals surface area (Å²) >= 11 is 24.2. The number of hydrazine groups is 2. The van der Waals surface area contributed by atoms with Crippen LogP contribution in [0.1, 0.15) is 25.7 Å². The normalized spacial score (nSPS) is 18.4. The summed E-state index contributed by atoms with van der Waals surface area (Å²) in [4.78, 5) is 23.8. The van der Waals surface area contributed by atoms with Gasteiger partial charge in [0, 0.05) is 20.1 Å². The Morgan fingerprint density at radius 3 is 1.30 bits per heavy atom. The minimum absolute atomic E-state index is 0.277. The molecule has 1 aliphatic carbocycles. The van der Waals surface area contributed by atoms with Crippen molar-refractivity contribution >= 4 is 70.6 Å². The van der Waals surface area contributed by atoms with Gasteiger partial charge in [0.1, 0.15) is 0 Å². The van der Waals surface area contributed by atoms with Gasteiger partial charge in [-0.15, -0.1) is 0 Å². The van der Waals surface area contributed by atoms with Crippen LogP contribution in [0.4, 0.5) is 11.4 Å². The first kappa shape index (κ1) is 22.8. The van der Waals surface area contributed by atoms with Crippen molar-refractivity contribution < 1.29 is 9.59 Å². The molecule has 2 unspecified atom stereocenters. The van der Waals surface area contributed by atoms with Gasteiger partial charge in [-0.25, -0.2) is 0 Å². The highest BCUT2D eigenvalue weighted by Crippen LogP contribution is 2.30. The van der Waals surface area contributed by atoms with Crippen LogP contribution in [0.25, 0.3) is 0 Å². The zero-order valence-electron chi connectivity index (χ0n) is 15.8. The first-order valence-corrected chi connectivity index (χ1v) is 10.8. The van der Waals surface area contributed by atoms with E-state index >= 15 is 0 Å². The van der Waals surface area contributed by atoms with Gasteiger partial charge in [-0.1, -0.05) is 59.2 Å². The second kappa shape index (κ2) is 10.4. The summed E-state index contributed by atoms with van der Waals surface area (Å²) in [5.41, 5.74) is 7.27. The maximum absolute atomic E-state index is 11.9. The Balaban J connectivity index is 1.81. The van der Waals surface area contributed by atoms with Crippen LogP contribution < -0.4 is 10.9 Å². The van der Waals surface area contributed by atoms with E-state index in [2.05, 4.69) is 10.9 Å². The van der Waals surface area contributed by atoms with Crippen molar-refractivity contribution in [2.45, 2.75) is 37.8 Å². The predicted octanol–water partition coefficient (Wildman–Crippen LogP) is 5.88. The number of hydrogen-bond acceptors (Lipinski definition) is 4. The molecule has 0 bridgehead atoms. The topological polar surface area (TPSA) is 64.7 Å². The molecule has 2 N–H and O–H groups in total. The first-order valence-electron chi connectivity index (χ1n) is 9.32. The number of rotatable bonds is 8. The van der Waals surface area contributed by atoms with Gasteiger partial charge in [-0.3, -0.25) is 30.5 Å². The lowest BCUT2D eigenvalue weighted by Gasteiger charge is -2.42. The van der Waals surface area contributed by atoms with Gasteiger partial charge in [-0.2, -0.15) is 0 Å². The lowest BCUT2D eigenvalue weighted by atomic mass is 9.89. The van der Waals surface area contributed by atoms with E-state index in [-0.39, 0.29) is 12.1 Å². The number of nitrogens with zero attached hydrogens (tertiary/aromatic N) is 2. The molecule has 0 saturated heterocycles. The Kier molecular flexibility index (Phi) is 7.94. The van der Waals surface area contributed by atoms with Crippen LogP contribution in [0.5, 0.6) is 0 Å². The summed E-state index contributed by atoms with van der Waals surface area (Å²) in [6.45, 7) is 0. The Labute approximate surface area is 194 Å². The zero-order chi connectivity index (χ0) is 21.7. The fourth-order valence-electron chi connectivity index (χ4n) is 3.65. The van der Waals surface area contributed by atoms with Crippen LogP contribution in [0, 0.1) is 0 Å². The fraction of sp³-hybridized carbons (Fsp3) is 0.300. The van der Waals surface area contributed by atoms with Crippen LogP contribution in [-0.4, -0.2) is 34.9 Å². The van der Waals surface area contributed by atoms with E-state index in [1.807, 2.05) is 0 Å². The minimum atomic E-state index is -0.277. The molecule has 2 amide bonds. The molecule has 1 fully saturated rings. The minimum Gasteiger partial charge on any atom is -0.296 e. The highest BCUT2D eigenvalue weighted by Gasteiger charge is 2.34. The van der Waals surface area contributed by atoms with Gasteiger partial charge in [0.25, 0.3) is 0 Å². The fourth-order valence-corrected chi connectivity index (χ4v) is 4.70. The third-order valence-corrected chi connectivity index (χ3v) is 5.75. The molecule has 0 radical (unpaired) electrons. The third-order valence-electron chi connectivity index (χ3n) is 4.88. The molecule has 1 aliphatic rings. The summed E-state index contributed by atoms with van der Waals surface area (Å²) in [6.07, 6.45) is 4.70. The molecule has 2 atom stereocenters. The molecule has 0 aliphatic heterocycles. The van der Waals surface area contributed by atoms with Crippen molar-refractivity contribution in [3.05, 3.63) is 56.5 Å². The van der Waals surface area contributed by atoms with E-state index in [0.29, 0.717) is 57.1 Å². The van der Waals surface area contributed by atoms with Crippen molar-refractivity contribution in [1.82, 2.24) is 10.0 Å². The highest BCUT2D eigenvalue weighted by atomic mass is 35.5. The molecule has 0 heterocycles. The molecule has 6 nitrogen and oxygen atoms in total. The molecule has 2 aromatic carbocycles. The number of carbonyl (C=O) groups excluding carboxylic acids is 2. The number of carbonyl (C=O) groups is 2. The monoisotopic (exact) mass is 488 g/mol. The largest absolute Gasteiger partial charge is 0.296 e. The SMILES string of the molecule is O=CN(Nc1cc(Cl)cc(Cl)c1)C1CCCCC1N(C=O)Nc1cc(Cl)cc(Cl)c1. The summed E-state index contributed by atoms with van der Waals surface area (Å²) < 4.78 is 0. The number of amides is 2. The smallest absolute Gasteiger partial charge is 0.228 e. The number of nitrogens with one attached hydrogen (secondary N) is 2. The van der Waals surface area contributed by atoms with Crippen molar-refractivity contribution in [1.29, 1.82) is 0 Å². The third kappa shape index (κ3) is 5.85. The lowest BCUT2D eigenvalue weighted by Crippen LogP contribution is -2.55. The molecule has 2 aromatic rings. The Morgan fingerprint density at radius 2 is 1.00 bits per heavy atom. The van der Waals surface area contributed by atoms with Gasteiger partial charge in [0.05, 0.1) is 23.5 Å². The van der Waals surface area contributed by atoms with Crippen LogP contribution in [0.3, 0.4) is 0 Å². The van der Waals surface area contributed by atoms with Crippen molar-refractivity contribution in [3.63, 3.8) is 0 Å². The maximum Gasteiger partial charge on any atom is 0.228 e. The van der Waals surface area contributed by atoms with E-state index in [4.69, 9.17) is 46.4 Å². The van der Waals surface area contributed by atoms with E-state index < -0.39 is 0 Å². The van der Waals surface area contributed by atoms with Gasteiger partial charge in [0.15, 0.2) is 0 Å². The molecular weight excluding hydrogens is 470 g/mol. The number of hydrogen-bond donors (Lipinski definition) is 2. The van der Waals surface area contributed by atoms with Gasteiger partial charge < -0.3 is 0 Å². The first-order chi connectivity index (χ1) is 14.4. The molecule has 0 spiro atoms. The van der Waals surface area contributed by atoms with Gasteiger partial charge in [0.2, 0.25) is 12.8 Å². The second-order valence-corrected chi connectivity index (χ2v) is 8.73. The molecule has 160 valence electrons. The molecule has 3 rings (SSSR count). The average Bonchev–Trinajstić information content (AvgIpc) is 2.69. The Morgan fingerprint density at radius 1 is 0.667 bits per heavy atom. The zero-order valence-corrected chi connectivity index (χ0v) is 18.8. The number of halogens is 4. The summed E-state index contributed by atoms with van der Waals surface area (Å²) in [5, 5.41) is 4.70. The van der Waals surface area contributed by atoms with Crippen LogP contribution in [0.15, 0.2) is 36.4 Å². The van der Waals surface area contributed by atoms with Crippen molar-refractivity contribution in [3.8, 4) is 0 Å². The van der Waals surface area contributed by atoms with Gasteiger partial charge in [-0.05, 0) is 49.2 Å². The number of benzene rings is 2. The molecule has 0 aromatic heterocycles. The molecular formula is C20H20Cl4N4O2. The second-order valence-electron chi connectivity index (χ2n) is 6.98. The van der Waals surface area contributed by atoms with Crippen molar-refractivity contribution in [2.75, 3.05) is 10.9 Å². The summed E-state index contributed by atoms with van der Waals surface area (Å²) in [5.74, 6) is 0. The molecule has 1 saturated carbocycles. The van der Waals surface area contributed by atoms with E-state index in [9.17, 15) is 9.59 Å². The Hall–Kier alpha value is -1.86. The molecule has 30 heavy (non-hydrogen) atoms. The molecule has 10 heteroatoms. The van der Waals surface area contributed by atoms with Crippen LogP contribution in [0.2, 0.25) is 20.1 Å². The van der Waals surface area contributed by atoms with E-state index in [1.54, 1.807) is 36.4 Å². The van der Waals surface area contributed by atoms with E-state index in [1.165, 1.54) is 10.0 Å².